The van der Waals surface area contributed by atoms with Gasteiger partial charge in [-0.2, -0.15) is 20.1 Å². The Hall–Kier alpha value is -2.96. The molecule has 0 radical (unpaired) electrons. The number of nitrogens with one attached hydrogen (secondary N) is 1. The van der Waals surface area contributed by atoms with Gasteiger partial charge in [0.1, 0.15) is 0 Å². The standard InChI is InChI=1S/C22H29N7/c1-4-11-19(12-5-1)13-10-14-23-27-20-24-21(28-15-6-2-7-16-28)26-22(25-20)29-17-8-3-9-18-29/h1,4-5,10-14H,2-3,6-9,15-18H2,(H,24,25,26,27)/b13-10-,23-14?. The molecular weight excluding hydrogens is 362 g/mol. The molecule has 1 N–H and O–H groups in total. The highest BCUT2D eigenvalue weighted by molar-refractivity contribution is 5.78. The quantitative estimate of drug-likeness (QED) is 0.594. The molecule has 4 rings (SSSR count). The smallest absolute Gasteiger partial charge is 0.250 e. The fraction of sp³-hybridized carbons (Fsp3) is 0.455. The number of rotatable bonds is 6. The van der Waals surface area contributed by atoms with Gasteiger partial charge in [0.05, 0.1) is 0 Å². The molecule has 0 bridgehead atoms. The lowest BCUT2D eigenvalue weighted by atomic mass is 10.1. The third-order valence-electron chi connectivity index (χ3n) is 5.30. The van der Waals surface area contributed by atoms with Crippen molar-refractivity contribution in [1.82, 2.24) is 15.0 Å². The van der Waals surface area contributed by atoms with Crippen LogP contribution in [0.25, 0.3) is 6.08 Å². The van der Waals surface area contributed by atoms with Gasteiger partial charge in [-0.05, 0) is 50.2 Å². The molecule has 7 nitrogen and oxygen atoms in total. The van der Waals surface area contributed by atoms with Crippen LogP contribution < -0.4 is 15.2 Å². The Labute approximate surface area is 172 Å². The molecule has 0 amide bonds. The summed E-state index contributed by atoms with van der Waals surface area (Å²) >= 11 is 0. The summed E-state index contributed by atoms with van der Waals surface area (Å²) < 4.78 is 0. The topological polar surface area (TPSA) is 69.5 Å². The molecule has 29 heavy (non-hydrogen) atoms. The van der Waals surface area contributed by atoms with E-state index in [1.807, 2.05) is 30.4 Å². The van der Waals surface area contributed by atoms with Gasteiger partial charge >= 0.3 is 0 Å². The van der Waals surface area contributed by atoms with Crippen LogP contribution in [0.5, 0.6) is 0 Å². The molecule has 1 aromatic heterocycles. The van der Waals surface area contributed by atoms with Crippen molar-refractivity contribution in [2.45, 2.75) is 38.5 Å². The normalized spacial score (nSPS) is 17.9. The highest BCUT2D eigenvalue weighted by Gasteiger charge is 2.20. The minimum Gasteiger partial charge on any atom is -0.341 e. The van der Waals surface area contributed by atoms with Crippen molar-refractivity contribution >= 4 is 30.1 Å². The Morgan fingerprint density at radius 1 is 0.759 bits per heavy atom. The molecule has 0 atom stereocenters. The summed E-state index contributed by atoms with van der Waals surface area (Å²) in [6, 6.07) is 10.2. The van der Waals surface area contributed by atoms with E-state index >= 15 is 0 Å². The molecule has 0 spiro atoms. The van der Waals surface area contributed by atoms with E-state index in [0.29, 0.717) is 5.95 Å². The van der Waals surface area contributed by atoms with E-state index < -0.39 is 0 Å². The zero-order valence-electron chi connectivity index (χ0n) is 16.9. The van der Waals surface area contributed by atoms with Gasteiger partial charge in [-0.15, -0.1) is 0 Å². The molecule has 2 aromatic rings. The number of aromatic nitrogens is 3. The number of anilines is 3. The largest absolute Gasteiger partial charge is 0.341 e. The average Bonchev–Trinajstić information content (AvgIpc) is 2.80. The summed E-state index contributed by atoms with van der Waals surface area (Å²) in [5.74, 6) is 2.03. The van der Waals surface area contributed by atoms with Crippen molar-refractivity contribution in [3.05, 3.63) is 42.0 Å². The Morgan fingerprint density at radius 2 is 1.34 bits per heavy atom. The maximum absolute atomic E-state index is 4.79. The minimum atomic E-state index is 0.505. The summed E-state index contributed by atoms with van der Waals surface area (Å²) in [6.45, 7) is 4.02. The molecule has 2 aliphatic rings. The number of hydrazone groups is 1. The molecular formula is C22H29N7. The van der Waals surface area contributed by atoms with Gasteiger partial charge in [0.25, 0.3) is 0 Å². The highest BCUT2D eigenvalue weighted by Crippen LogP contribution is 2.22. The first-order chi connectivity index (χ1) is 14.4. The summed E-state index contributed by atoms with van der Waals surface area (Å²) in [5, 5.41) is 4.28. The van der Waals surface area contributed by atoms with Crippen LogP contribution in [0.2, 0.25) is 0 Å². The number of benzene rings is 1. The maximum Gasteiger partial charge on any atom is 0.250 e. The Balaban J connectivity index is 1.48. The van der Waals surface area contributed by atoms with Crippen LogP contribution in [0, 0.1) is 0 Å². The summed E-state index contributed by atoms with van der Waals surface area (Å²) in [6.07, 6.45) is 13.0. The first-order valence-electron chi connectivity index (χ1n) is 10.7. The highest BCUT2D eigenvalue weighted by atomic mass is 15.4. The van der Waals surface area contributed by atoms with Crippen molar-refractivity contribution in [2.24, 2.45) is 5.10 Å². The van der Waals surface area contributed by atoms with Gasteiger partial charge < -0.3 is 9.80 Å². The van der Waals surface area contributed by atoms with Crippen LogP contribution in [0.15, 0.2) is 41.5 Å². The van der Waals surface area contributed by atoms with Crippen LogP contribution in [-0.2, 0) is 0 Å². The maximum atomic E-state index is 4.79. The van der Waals surface area contributed by atoms with Crippen LogP contribution in [0.3, 0.4) is 0 Å². The average molecular weight is 392 g/mol. The lowest BCUT2D eigenvalue weighted by Crippen LogP contribution is -2.34. The first-order valence-corrected chi connectivity index (χ1v) is 10.7. The fourth-order valence-electron chi connectivity index (χ4n) is 3.73. The van der Waals surface area contributed by atoms with Crippen molar-refractivity contribution < 1.29 is 0 Å². The molecule has 0 aliphatic carbocycles. The zero-order chi connectivity index (χ0) is 19.7. The van der Waals surface area contributed by atoms with Gasteiger partial charge in [-0.3, -0.25) is 0 Å². The Bertz CT molecular complexity index is 786. The molecule has 3 heterocycles. The number of hydrogen-bond acceptors (Lipinski definition) is 7. The van der Waals surface area contributed by atoms with Crippen molar-refractivity contribution in [3.63, 3.8) is 0 Å². The SMILES string of the molecule is C(/C=C\c1ccccc1)=NNc1nc(N2CCCCC2)nc(N2CCCCC2)n1. The van der Waals surface area contributed by atoms with E-state index in [4.69, 9.17) is 4.98 Å². The van der Waals surface area contributed by atoms with Crippen molar-refractivity contribution in [3.8, 4) is 0 Å². The van der Waals surface area contributed by atoms with Gasteiger partial charge in [-0.1, -0.05) is 36.4 Å². The summed E-state index contributed by atoms with van der Waals surface area (Å²) in [4.78, 5) is 18.6. The zero-order valence-corrected chi connectivity index (χ0v) is 16.9. The number of piperidine rings is 2. The molecule has 0 saturated carbocycles. The second kappa shape index (κ2) is 10.0. The number of allylic oxidation sites excluding steroid dienone is 1. The third-order valence-corrected chi connectivity index (χ3v) is 5.30. The summed E-state index contributed by atoms with van der Waals surface area (Å²) in [7, 11) is 0. The van der Waals surface area contributed by atoms with E-state index in [-0.39, 0.29) is 0 Å². The molecule has 2 saturated heterocycles. The second-order valence-electron chi connectivity index (χ2n) is 7.51. The van der Waals surface area contributed by atoms with Crippen LogP contribution >= 0.6 is 0 Å². The monoisotopic (exact) mass is 391 g/mol. The Morgan fingerprint density at radius 3 is 1.93 bits per heavy atom. The number of nitrogens with zero attached hydrogens (tertiary/aromatic N) is 6. The van der Waals surface area contributed by atoms with E-state index in [1.165, 1.54) is 38.5 Å². The van der Waals surface area contributed by atoms with Gasteiger partial charge in [0, 0.05) is 32.4 Å². The lowest BCUT2D eigenvalue weighted by molar-refractivity contribution is 0.556. The number of hydrogen-bond donors (Lipinski definition) is 1. The van der Waals surface area contributed by atoms with Crippen LogP contribution in [0.1, 0.15) is 44.1 Å². The van der Waals surface area contributed by atoms with E-state index in [2.05, 4.69) is 42.4 Å². The molecule has 152 valence electrons. The third kappa shape index (κ3) is 5.53. The predicted octanol–water partition coefficient (Wildman–Crippen LogP) is 3.96. The van der Waals surface area contributed by atoms with Crippen molar-refractivity contribution in [2.75, 3.05) is 41.4 Å². The fourth-order valence-corrected chi connectivity index (χ4v) is 3.73. The van der Waals surface area contributed by atoms with Gasteiger partial charge in [0.15, 0.2) is 0 Å². The van der Waals surface area contributed by atoms with Gasteiger partial charge in [0.2, 0.25) is 17.8 Å². The lowest BCUT2D eigenvalue weighted by Gasteiger charge is -2.30. The first kappa shape index (κ1) is 19.4. The molecule has 2 aliphatic heterocycles. The second-order valence-corrected chi connectivity index (χ2v) is 7.51. The predicted molar refractivity (Wildman–Crippen MR) is 120 cm³/mol. The van der Waals surface area contributed by atoms with E-state index in [0.717, 1.165) is 43.6 Å². The van der Waals surface area contributed by atoms with Gasteiger partial charge in [-0.25, -0.2) is 5.43 Å². The molecule has 0 unspecified atom stereocenters. The summed E-state index contributed by atoms with van der Waals surface area (Å²) in [5.41, 5.74) is 4.13. The molecule has 1 aromatic carbocycles. The Kier molecular flexibility index (Phi) is 6.68. The molecule has 2 fully saturated rings. The van der Waals surface area contributed by atoms with Crippen LogP contribution in [0.4, 0.5) is 17.8 Å². The molecule has 7 heteroatoms. The van der Waals surface area contributed by atoms with Crippen molar-refractivity contribution in [1.29, 1.82) is 0 Å². The van der Waals surface area contributed by atoms with E-state index in [1.54, 1.807) is 6.21 Å². The van der Waals surface area contributed by atoms with Crippen LogP contribution in [-0.4, -0.2) is 47.3 Å². The minimum absolute atomic E-state index is 0.505. The van der Waals surface area contributed by atoms with E-state index in [9.17, 15) is 0 Å².